The Balaban J connectivity index is 0.00000225. The summed E-state index contributed by atoms with van der Waals surface area (Å²) in [5.41, 5.74) is 7.23. The Morgan fingerprint density at radius 3 is 2.28 bits per heavy atom. The van der Waals surface area contributed by atoms with Gasteiger partial charge in [0.2, 0.25) is 0 Å². The minimum absolute atomic E-state index is 0. The molecule has 0 aromatic heterocycles. The van der Waals surface area contributed by atoms with Crippen LogP contribution >= 0.6 is 12.4 Å². The molecule has 3 N–H and O–H groups in total. The van der Waals surface area contributed by atoms with Gasteiger partial charge in [-0.15, -0.1) is 12.4 Å². The fraction of sp³-hybridized carbons (Fsp3) is 0.300. The predicted octanol–water partition coefficient (Wildman–Crippen LogP) is 3.20. The van der Waals surface area contributed by atoms with Gasteiger partial charge >= 0.3 is 0 Å². The van der Waals surface area contributed by atoms with Gasteiger partial charge in [0, 0.05) is 17.2 Å². The zero-order valence-corrected chi connectivity index (χ0v) is 14.8. The lowest BCUT2D eigenvalue weighted by molar-refractivity contribution is 0.0919. The lowest BCUT2D eigenvalue weighted by Gasteiger charge is -2.20. The first-order valence-electron chi connectivity index (χ1n) is 8.40. The highest BCUT2D eigenvalue weighted by molar-refractivity contribution is 6.15. The fourth-order valence-electron chi connectivity index (χ4n) is 3.38. The first-order chi connectivity index (χ1) is 11.7. The standard InChI is InChI=1S/C20H22N2O2.ClH/c21-13-15-9-6-12-18(15)22-20(24)17-11-5-4-10-16(17)19(23)14-7-2-1-3-8-14;/h1-5,7-8,10-11,15,18H,6,9,12-13,21H2,(H,22,24);1H. The summed E-state index contributed by atoms with van der Waals surface area (Å²) in [4.78, 5) is 25.4. The molecule has 1 fully saturated rings. The highest BCUT2D eigenvalue weighted by Gasteiger charge is 2.28. The zero-order chi connectivity index (χ0) is 16.9. The molecule has 0 heterocycles. The minimum Gasteiger partial charge on any atom is -0.349 e. The van der Waals surface area contributed by atoms with E-state index in [4.69, 9.17) is 5.73 Å². The molecule has 1 aliphatic rings. The average molecular weight is 359 g/mol. The van der Waals surface area contributed by atoms with E-state index in [9.17, 15) is 9.59 Å². The molecule has 2 aromatic carbocycles. The van der Waals surface area contributed by atoms with Gasteiger partial charge in [-0.1, -0.05) is 55.0 Å². The van der Waals surface area contributed by atoms with E-state index >= 15 is 0 Å². The van der Waals surface area contributed by atoms with Crippen LogP contribution in [0.3, 0.4) is 0 Å². The summed E-state index contributed by atoms with van der Waals surface area (Å²) < 4.78 is 0. The zero-order valence-electron chi connectivity index (χ0n) is 14.0. The van der Waals surface area contributed by atoms with Crippen LogP contribution in [0.2, 0.25) is 0 Å². The van der Waals surface area contributed by atoms with E-state index in [1.807, 2.05) is 18.2 Å². The number of benzene rings is 2. The normalized spacial score (nSPS) is 19.1. The van der Waals surface area contributed by atoms with E-state index in [2.05, 4.69) is 5.32 Å². The molecule has 2 atom stereocenters. The highest BCUT2D eigenvalue weighted by atomic mass is 35.5. The number of nitrogens with one attached hydrogen (secondary N) is 1. The van der Waals surface area contributed by atoms with Crippen LogP contribution in [0.4, 0.5) is 0 Å². The molecule has 5 heteroatoms. The number of hydrogen-bond acceptors (Lipinski definition) is 3. The Morgan fingerprint density at radius 2 is 1.60 bits per heavy atom. The summed E-state index contributed by atoms with van der Waals surface area (Å²) in [5.74, 6) is -0.00526. The second kappa shape index (κ2) is 8.79. The van der Waals surface area contributed by atoms with Crippen LogP contribution in [-0.2, 0) is 0 Å². The smallest absolute Gasteiger partial charge is 0.252 e. The summed E-state index contributed by atoms with van der Waals surface area (Å²) in [6.07, 6.45) is 3.08. The van der Waals surface area contributed by atoms with Crippen LogP contribution in [-0.4, -0.2) is 24.3 Å². The minimum atomic E-state index is -0.194. The van der Waals surface area contributed by atoms with E-state index in [1.165, 1.54) is 0 Å². The number of carbonyl (C=O) groups excluding carboxylic acids is 2. The van der Waals surface area contributed by atoms with Crippen LogP contribution in [0, 0.1) is 5.92 Å². The third-order valence-electron chi connectivity index (χ3n) is 4.73. The Labute approximate surface area is 154 Å². The van der Waals surface area contributed by atoms with Crippen molar-refractivity contribution in [3.63, 3.8) is 0 Å². The van der Waals surface area contributed by atoms with Gasteiger partial charge in [-0.3, -0.25) is 9.59 Å². The van der Waals surface area contributed by atoms with Crippen LogP contribution in [0.15, 0.2) is 54.6 Å². The van der Waals surface area contributed by atoms with Crippen molar-refractivity contribution in [3.8, 4) is 0 Å². The second-order valence-electron chi connectivity index (χ2n) is 6.25. The average Bonchev–Trinajstić information content (AvgIpc) is 3.09. The molecule has 3 rings (SSSR count). The Morgan fingerprint density at radius 1 is 0.960 bits per heavy atom. The lowest BCUT2D eigenvalue weighted by Crippen LogP contribution is -2.40. The van der Waals surface area contributed by atoms with E-state index in [-0.39, 0.29) is 30.1 Å². The Hall–Kier alpha value is -2.17. The van der Waals surface area contributed by atoms with Gasteiger partial charge in [0.1, 0.15) is 0 Å². The summed E-state index contributed by atoms with van der Waals surface area (Å²) in [7, 11) is 0. The SMILES string of the molecule is Cl.NCC1CCCC1NC(=O)c1ccccc1C(=O)c1ccccc1. The maximum atomic E-state index is 12.7. The first-order valence-corrected chi connectivity index (χ1v) is 8.40. The number of halogens is 1. The molecule has 0 saturated heterocycles. The second-order valence-corrected chi connectivity index (χ2v) is 6.25. The third-order valence-corrected chi connectivity index (χ3v) is 4.73. The van der Waals surface area contributed by atoms with E-state index < -0.39 is 0 Å². The van der Waals surface area contributed by atoms with Gasteiger partial charge in [-0.05, 0) is 31.4 Å². The third kappa shape index (κ3) is 4.27. The summed E-state index contributed by atoms with van der Waals surface area (Å²) in [6.45, 7) is 0.579. The molecular weight excluding hydrogens is 336 g/mol. The molecule has 1 amide bonds. The number of rotatable bonds is 5. The lowest BCUT2D eigenvalue weighted by atomic mass is 9.97. The Bertz CT molecular complexity index is 733. The molecule has 0 bridgehead atoms. The largest absolute Gasteiger partial charge is 0.349 e. The van der Waals surface area contributed by atoms with Gasteiger partial charge in [0.15, 0.2) is 5.78 Å². The summed E-state index contributed by atoms with van der Waals surface area (Å²) in [5, 5.41) is 3.07. The van der Waals surface area contributed by atoms with Gasteiger partial charge in [0.25, 0.3) is 5.91 Å². The maximum absolute atomic E-state index is 12.7. The van der Waals surface area contributed by atoms with Crippen LogP contribution < -0.4 is 11.1 Å². The molecule has 2 aromatic rings. The molecule has 0 radical (unpaired) electrons. The van der Waals surface area contributed by atoms with Crippen LogP contribution in [0.1, 0.15) is 45.5 Å². The summed E-state index contributed by atoms with van der Waals surface area (Å²) >= 11 is 0. The molecule has 1 saturated carbocycles. The summed E-state index contributed by atoms with van der Waals surface area (Å²) in [6, 6.07) is 16.1. The van der Waals surface area contributed by atoms with Crippen molar-refractivity contribution in [2.24, 2.45) is 11.7 Å². The number of amides is 1. The van der Waals surface area contributed by atoms with Gasteiger partial charge < -0.3 is 11.1 Å². The monoisotopic (exact) mass is 358 g/mol. The molecule has 1 aliphatic carbocycles. The number of hydrogen-bond donors (Lipinski definition) is 2. The van der Waals surface area contributed by atoms with Crippen molar-refractivity contribution >= 4 is 24.1 Å². The van der Waals surface area contributed by atoms with Crippen molar-refractivity contribution in [1.29, 1.82) is 0 Å². The van der Waals surface area contributed by atoms with Gasteiger partial charge in [-0.25, -0.2) is 0 Å². The molecule has 25 heavy (non-hydrogen) atoms. The van der Waals surface area contributed by atoms with Crippen molar-refractivity contribution in [2.45, 2.75) is 25.3 Å². The van der Waals surface area contributed by atoms with E-state index in [1.54, 1.807) is 36.4 Å². The van der Waals surface area contributed by atoms with Crippen molar-refractivity contribution in [3.05, 3.63) is 71.3 Å². The molecule has 2 unspecified atom stereocenters. The molecule has 4 nitrogen and oxygen atoms in total. The number of carbonyl (C=O) groups is 2. The highest BCUT2D eigenvalue weighted by Crippen LogP contribution is 2.25. The topological polar surface area (TPSA) is 72.2 Å². The quantitative estimate of drug-likeness (QED) is 0.806. The molecular formula is C20H23ClN2O2. The fourth-order valence-corrected chi connectivity index (χ4v) is 3.38. The van der Waals surface area contributed by atoms with Crippen molar-refractivity contribution < 1.29 is 9.59 Å². The van der Waals surface area contributed by atoms with Crippen LogP contribution in [0.25, 0.3) is 0 Å². The first kappa shape index (κ1) is 19.2. The van der Waals surface area contributed by atoms with Crippen molar-refractivity contribution in [1.82, 2.24) is 5.32 Å². The maximum Gasteiger partial charge on any atom is 0.252 e. The number of nitrogens with two attached hydrogens (primary N) is 1. The molecule has 0 spiro atoms. The van der Waals surface area contributed by atoms with Crippen LogP contribution in [0.5, 0.6) is 0 Å². The van der Waals surface area contributed by atoms with Crippen molar-refractivity contribution in [2.75, 3.05) is 6.54 Å². The Kier molecular flexibility index (Phi) is 6.73. The number of ketones is 1. The van der Waals surface area contributed by atoms with E-state index in [0.29, 0.717) is 29.2 Å². The molecule has 0 aliphatic heterocycles. The van der Waals surface area contributed by atoms with Gasteiger partial charge in [0.05, 0.1) is 5.56 Å². The molecule has 132 valence electrons. The van der Waals surface area contributed by atoms with E-state index in [0.717, 1.165) is 19.3 Å². The predicted molar refractivity (Wildman–Crippen MR) is 101 cm³/mol. The van der Waals surface area contributed by atoms with Gasteiger partial charge in [-0.2, -0.15) is 0 Å².